The summed E-state index contributed by atoms with van der Waals surface area (Å²) in [6.45, 7) is 10.2. The van der Waals surface area contributed by atoms with E-state index in [-0.39, 0.29) is 5.54 Å². The van der Waals surface area contributed by atoms with E-state index in [4.69, 9.17) is 0 Å². The zero-order chi connectivity index (χ0) is 12.7. The molecule has 0 aliphatic rings. The molecule has 17 heavy (non-hydrogen) atoms. The highest BCUT2D eigenvalue weighted by atomic mass is 14.9. The van der Waals surface area contributed by atoms with Crippen molar-refractivity contribution in [3.05, 3.63) is 35.9 Å². The zero-order valence-corrected chi connectivity index (χ0v) is 11.8. The van der Waals surface area contributed by atoms with E-state index in [0.717, 1.165) is 6.54 Å². The third-order valence-electron chi connectivity index (χ3n) is 3.42. The van der Waals surface area contributed by atoms with Gasteiger partial charge >= 0.3 is 0 Å². The van der Waals surface area contributed by atoms with E-state index < -0.39 is 0 Å². The molecule has 1 unspecified atom stereocenters. The van der Waals surface area contributed by atoms with Crippen LogP contribution in [0.25, 0.3) is 0 Å². The first-order valence-corrected chi connectivity index (χ1v) is 6.85. The maximum atomic E-state index is 3.66. The largest absolute Gasteiger partial charge is 0.312 e. The molecule has 0 aliphatic carbocycles. The maximum absolute atomic E-state index is 3.66. The molecule has 0 heterocycles. The molecule has 0 aliphatic heterocycles. The van der Waals surface area contributed by atoms with Crippen LogP contribution >= 0.6 is 0 Å². The van der Waals surface area contributed by atoms with Gasteiger partial charge in [-0.1, -0.05) is 50.6 Å². The van der Waals surface area contributed by atoms with Crippen molar-refractivity contribution >= 4 is 0 Å². The molecule has 1 N–H and O–H groups in total. The van der Waals surface area contributed by atoms with Crippen LogP contribution in [-0.4, -0.2) is 12.1 Å². The average Bonchev–Trinajstić information content (AvgIpc) is 2.29. The van der Waals surface area contributed by atoms with Gasteiger partial charge in [0.25, 0.3) is 0 Å². The first kappa shape index (κ1) is 14.2. The second-order valence-electron chi connectivity index (χ2n) is 5.66. The zero-order valence-electron chi connectivity index (χ0n) is 11.8. The van der Waals surface area contributed by atoms with Crippen molar-refractivity contribution in [1.29, 1.82) is 0 Å². The Morgan fingerprint density at radius 3 is 2.41 bits per heavy atom. The smallest absolute Gasteiger partial charge is 0.0125 e. The molecule has 1 nitrogen and oxygen atoms in total. The lowest BCUT2D eigenvalue weighted by Crippen LogP contribution is -2.39. The van der Waals surface area contributed by atoms with Crippen molar-refractivity contribution in [2.45, 2.75) is 58.4 Å². The van der Waals surface area contributed by atoms with Crippen LogP contribution in [0.5, 0.6) is 0 Å². The van der Waals surface area contributed by atoms with Crippen LogP contribution in [0.1, 0.15) is 58.4 Å². The second kappa shape index (κ2) is 6.80. The van der Waals surface area contributed by atoms with Crippen molar-refractivity contribution in [3.8, 4) is 0 Å². The monoisotopic (exact) mass is 233 g/mol. The minimum absolute atomic E-state index is 0.283. The van der Waals surface area contributed by atoms with Crippen LogP contribution in [0.3, 0.4) is 0 Å². The summed E-state index contributed by atoms with van der Waals surface area (Å²) in [7, 11) is 0. The van der Waals surface area contributed by atoms with Crippen LogP contribution in [0, 0.1) is 0 Å². The summed E-state index contributed by atoms with van der Waals surface area (Å²) in [5, 5.41) is 3.66. The highest BCUT2D eigenvalue weighted by Gasteiger charge is 2.15. The van der Waals surface area contributed by atoms with E-state index in [9.17, 15) is 0 Å². The quantitative estimate of drug-likeness (QED) is 0.738. The van der Waals surface area contributed by atoms with Gasteiger partial charge in [-0.15, -0.1) is 0 Å². The van der Waals surface area contributed by atoms with Crippen LogP contribution < -0.4 is 5.32 Å². The molecule has 0 amide bonds. The fourth-order valence-electron chi connectivity index (χ4n) is 2.29. The summed E-state index contributed by atoms with van der Waals surface area (Å²) >= 11 is 0. The maximum Gasteiger partial charge on any atom is 0.0125 e. The summed E-state index contributed by atoms with van der Waals surface area (Å²) in [6, 6.07) is 10.8. The van der Waals surface area contributed by atoms with Crippen molar-refractivity contribution in [2.75, 3.05) is 6.54 Å². The van der Waals surface area contributed by atoms with Gasteiger partial charge in [-0.2, -0.15) is 0 Å². The first-order valence-electron chi connectivity index (χ1n) is 6.85. The van der Waals surface area contributed by atoms with Gasteiger partial charge in [0.05, 0.1) is 0 Å². The molecule has 1 aromatic carbocycles. The normalized spacial score (nSPS) is 13.6. The Hall–Kier alpha value is -0.820. The Kier molecular flexibility index (Phi) is 5.70. The fraction of sp³-hybridized carbons (Fsp3) is 0.625. The Bertz CT molecular complexity index is 303. The van der Waals surface area contributed by atoms with Gasteiger partial charge in [0.2, 0.25) is 0 Å². The molecule has 0 fully saturated rings. The minimum Gasteiger partial charge on any atom is -0.312 e. The van der Waals surface area contributed by atoms with E-state index >= 15 is 0 Å². The Balaban J connectivity index is 2.32. The van der Waals surface area contributed by atoms with Gasteiger partial charge in [-0.25, -0.2) is 0 Å². The lowest BCUT2D eigenvalue weighted by atomic mass is 9.95. The van der Waals surface area contributed by atoms with Crippen molar-refractivity contribution in [3.63, 3.8) is 0 Å². The Morgan fingerprint density at radius 1 is 1.18 bits per heavy atom. The summed E-state index contributed by atoms with van der Waals surface area (Å²) in [4.78, 5) is 0. The van der Waals surface area contributed by atoms with Crippen LogP contribution in [0.2, 0.25) is 0 Å². The van der Waals surface area contributed by atoms with Gasteiger partial charge in [0.1, 0.15) is 0 Å². The van der Waals surface area contributed by atoms with Gasteiger partial charge in [-0.3, -0.25) is 0 Å². The lowest BCUT2D eigenvalue weighted by molar-refractivity contribution is 0.352. The number of hydrogen-bond donors (Lipinski definition) is 1. The predicted octanol–water partition coefficient (Wildman–Crippen LogP) is 4.35. The molecule has 1 aromatic rings. The highest BCUT2D eigenvalue weighted by Crippen LogP contribution is 2.18. The van der Waals surface area contributed by atoms with Crippen molar-refractivity contribution in [1.82, 2.24) is 5.32 Å². The van der Waals surface area contributed by atoms with Crippen molar-refractivity contribution < 1.29 is 0 Å². The van der Waals surface area contributed by atoms with Gasteiger partial charge in [0.15, 0.2) is 0 Å². The number of rotatable bonds is 7. The third-order valence-corrected chi connectivity index (χ3v) is 3.42. The van der Waals surface area contributed by atoms with Crippen LogP contribution in [0.15, 0.2) is 30.3 Å². The van der Waals surface area contributed by atoms with E-state index in [1.165, 1.54) is 24.8 Å². The second-order valence-corrected chi connectivity index (χ2v) is 5.66. The molecule has 0 saturated carbocycles. The fourth-order valence-corrected chi connectivity index (χ4v) is 2.29. The summed E-state index contributed by atoms with van der Waals surface area (Å²) < 4.78 is 0. The van der Waals surface area contributed by atoms with Gasteiger partial charge < -0.3 is 5.32 Å². The SMILES string of the molecule is CCCC(C)(C)NCCC(C)c1ccccc1. The van der Waals surface area contributed by atoms with E-state index in [0.29, 0.717) is 5.92 Å². The predicted molar refractivity (Wildman–Crippen MR) is 76.5 cm³/mol. The van der Waals surface area contributed by atoms with Crippen LogP contribution in [-0.2, 0) is 0 Å². The molecule has 1 atom stereocenters. The molecule has 0 saturated heterocycles. The van der Waals surface area contributed by atoms with E-state index in [1.54, 1.807) is 0 Å². The highest BCUT2D eigenvalue weighted by molar-refractivity contribution is 5.18. The standard InChI is InChI=1S/C16H27N/c1-5-12-16(3,4)17-13-11-14(2)15-9-7-6-8-10-15/h6-10,14,17H,5,11-13H2,1-4H3. The number of nitrogens with one attached hydrogen (secondary N) is 1. The molecule has 0 spiro atoms. The molecule has 0 radical (unpaired) electrons. The molecule has 1 rings (SSSR count). The first-order chi connectivity index (χ1) is 8.05. The molecular weight excluding hydrogens is 206 g/mol. The Labute approximate surface area is 107 Å². The minimum atomic E-state index is 0.283. The lowest BCUT2D eigenvalue weighted by Gasteiger charge is -2.26. The molecule has 1 heteroatoms. The summed E-state index contributed by atoms with van der Waals surface area (Å²) in [5.41, 5.74) is 1.73. The molecule has 0 aromatic heterocycles. The summed E-state index contributed by atoms with van der Waals surface area (Å²) in [6.07, 6.45) is 3.69. The Morgan fingerprint density at radius 2 is 1.82 bits per heavy atom. The van der Waals surface area contributed by atoms with E-state index in [1.807, 2.05) is 0 Å². The van der Waals surface area contributed by atoms with Gasteiger partial charge in [-0.05, 0) is 44.7 Å². The number of hydrogen-bond acceptors (Lipinski definition) is 1. The van der Waals surface area contributed by atoms with Gasteiger partial charge in [0, 0.05) is 5.54 Å². The van der Waals surface area contributed by atoms with E-state index in [2.05, 4.69) is 63.3 Å². The summed E-state index contributed by atoms with van der Waals surface area (Å²) in [5.74, 6) is 0.640. The third kappa shape index (κ3) is 5.36. The number of benzene rings is 1. The van der Waals surface area contributed by atoms with Crippen molar-refractivity contribution in [2.24, 2.45) is 0 Å². The molecular formula is C16H27N. The van der Waals surface area contributed by atoms with Crippen LogP contribution in [0.4, 0.5) is 0 Å². The molecule has 96 valence electrons. The average molecular weight is 233 g/mol. The molecule has 0 bridgehead atoms. The topological polar surface area (TPSA) is 12.0 Å².